The third kappa shape index (κ3) is 4.57. The van der Waals surface area contributed by atoms with Gasteiger partial charge in [-0.05, 0) is 53.3 Å². The quantitative estimate of drug-likeness (QED) is 0.734. The summed E-state index contributed by atoms with van der Waals surface area (Å²) in [5.41, 5.74) is 1.68. The average molecular weight is 408 g/mol. The summed E-state index contributed by atoms with van der Waals surface area (Å²) < 4.78 is 2.81. The van der Waals surface area contributed by atoms with Gasteiger partial charge in [0.05, 0.1) is 26.8 Å². The zero-order valence-corrected chi connectivity index (χ0v) is 15.1. The summed E-state index contributed by atoms with van der Waals surface area (Å²) in [5, 5.41) is 12.0. The van der Waals surface area contributed by atoms with Gasteiger partial charge >= 0.3 is 0 Å². The molecule has 4 nitrogen and oxygen atoms in total. The second-order valence-corrected chi connectivity index (χ2v) is 6.29. The SMILES string of the molecule is CCn1cc(Br)c(CNC(=S)Nc2ccc(Cl)c(Cl)c2)n1. The fourth-order valence-electron chi connectivity index (χ4n) is 1.63. The van der Waals surface area contributed by atoms with Gasteiger partial charge in [-0.3, -0.25) is 4.68 Å². The van der Waals surface area contributed by atoms with Crippen LogP contribution in [0.15, 0.2) is 28.9 Å². The Kier molecular flexibility index (Phi) is 5.87. The summed E-state index contributed by atoms with van der Waals surface area (Å²) in [5.74, 6) is 0. The summed E-state index contributed by atoms with van der Waals surface area (Å²) in [7, 11) is 0. The first-order valence-corrected chi connectivity index (χ1v) is 8.17. The fourth-order valence-corrected chi connectivity index (χ4v) is 2.58. The Morgan fingerprint density at radius 1 is 1.38 bits per heavy atom. The van der Waals surface area contributed by atoms with Crippen molar-refractivity contribution in [2.45, 2.75) is 20.0 Å². The van der Waals surface area contributed by atoms with Crippen LogP contribution in [-0.2, 0) is 13.1 Å². The molecule has 1 aromatic carbocycles. The number of hydrogen-bond acceptors (Lipinski definition) is 2. The summed E-state index contributed by atoms with van der Waals surface area (Å²) in [4.78, 5) is 0. The lowest BCUT2D eigenvalue weighted by atomic mass is 10.3. The molecule has 0 aliphatic rings. The number of nitrogens with one attached hydrogen (secondary N) is 2. The molecular formula is C13H13BrCl2N4S. The number of anilines is 1. The van der Waals surface area contributed by atoms with Gasteiger partial charge in [0.1, 0.15) is 0 Å². The van der Waals surface area contributed by atoms with E-state index >= 15 is 0 Å². The monoisotopic (exact) mass is 406 g/mol. The summed E-state index contributed by atoms with van der Waals surface area (Å²) in [6.07, 6.45) is 1.94. The Hall–Kier alpha value is -0.820. The number of aromatic nitrogens is 2. The number of nitrogens with zero attached hydrogens (tertiary/aromatic N) is 2. The Bertz CT molecular complexity index is 660. The molecule has 0 bridgehead atoms. The van der Waals surface area contributed by atoms with Crippen molar-refractivity contribution in [3.63, 3.8) is 0 Å². The normalized spacial score (nSPS) is 10.5. The maximum Gasteiger partial charge on any atom is 0.171 e. The number of halogens is 3. The van der Waals surface area contributed by atoms with Gasteiger partial charge in [0.2, 0.25) is 0 Å². The van der Waals surface area contributed by atoms with Crippen molar-refractivity contribution in [1.29, 1.82) is 0 Å². The van der Waals surface area contributed by atoms with E-state index in [0.717, 1.165) is 22.4 Å². The first-order valence-electron chi connectivity index (χ1n) is 6.21. The van der Waals surface area contributed by atoms with Crippen molar-refractivity contribution in [3.05, 3.63) is 44.6 Å². The molecule has 0 fully saturated rings. The topological polar surface area (TPSA) is 41.9 Å². The van der Waals surface area contributed by atoms with E-state index in [1.54, 1.807) is 12.1 Å². The average Bonchev–Trinajstić information content (AvgIpc) is 2.81. The Labute approximate surface area is 146 Å². The molecule has 0 atom stereocenters. The van der Waals surface area contributed by atoms with E-state index in [-0.39, 0.29) is 0 Å². The van der Waals surface area contributed by atoms with Gasteiger partial charge in [0.15, 0.2) is 5.11 Å². The van der Waals surface area contributed by atoms with E-state index in [0.29, 0.717) is 21.7 Å². The molecule has 0 aliphatic heterocycles. The fraction of sp³-hybridized carbons (Fsp3) is 0.231. The van der Waals surface area contributed by atoms with Crippen LogP contribution in [0.1, 0.15) is 12.6 Å². The van der Waals surface area contributed by atoms with Gasteiger partial charge in [-0.2, -0.15) is 5.10 Å². The zero-order valence-electron chi connectivity index (χ0n) is 11.2. The molecule has 0 aliphatic carbocycles. The van der Waals surface area contributed by atoms with Crippen LogP contribution in [0.4, 0.5) is 5.69 Å². The lowest BCUT2D eigenvalue weighted by Crippen LogP contribution is -2.28. The van der Waals surface area contributed by atoms with Crippen molar-refractivity contribution in [2.24, 2.45) is 0 Å². The molecular weight excluding hydrogens is 395 g/mol. The predicted octanol–water partition coefficient (Wildman–Crippen LogP) is 4.46. The maximum atomic E-state index is 5.96. The van der Waals surface area contributed by atoms with Crippen LogP contribution in [0, 0.1) is 0 Å². The summed E-state index contributed by atoms with van der Waals surface area (Å²) in [6.45, 7) is 3.39. The van der Waals surface area contributed by atoms with E-state index in [4.69, 9.17) is 35.4 Å². The molecule has 0 unspecified atom stereocenters. The van der Waals surface area contributed by atoms with E-state index in [9.17, 15) is 0 Å². The van der Waals surface area contributed by atoms with Crippen LogP contribution in [0.3, 0.4) is 0 Å². The molecule has 0 radical (unpaired) electrons. The van der Waals surface area contributed by atoms with Crippen molar-refractivity contribution >= 4 is 62.1 Å². The smallest absolute Gasteiger partial charge is 0.171 e. The first kappa shape index (κ1) is 16.5. The predicted molar refractivity (Wildman–Crippen MR) is 95.1 cm³/mol. The molecule has 112 valence electrons. The highest BCUT2D eigenvalue weighted by molar-refractivity contribution is 9.10. The van der Waals surface area contributed by atoms with Crippen LogP contribution in [0.5, 0.6) is 0 Å². The largest absolute Gasteiger partial charge is 0.357 e. The van der Waals surface area contributed by atoms with Crippen molar-refractivity contribution in [1.82, 2.24) is 15.1 Å². The third-order valence-electron chi connectivity index (χ3n) is 2.71. The highest BCUT2D eigenvalue weighted by Crippen LogP contribution is 2.25. The first-order chi connectivity index (χ1) is 9.99. The molecule has 0 amide bonds. The van der Waals surface area contributed by atoms with Crippen molar-refractivity contribution in [3.8, 4) is 0 Å². The molecule has 8 heteroatoms. The molecule has 21 heavy (non-hydrogen) atoms. The second-order valence-electron chi connectivity index (χ2n) is 4.22. The number of benzene rings is 1. The van der Waals surface area contributed by atoms with Gasteiger partial charge in [-0.1, -0.05) is 23.2 Å². The zero-order chi connectivity index (χ0) is 15.4. The molecule has 2 aromatic rings. The number of aryl methyl sites for hydroxylation is 1. The number of rotatable bonds is 4. The molecule has 0 saturated heterocycles. The van der Waals surface area contributed by atoms with Crippen LogP contribution < -0.4 is 10.6 Å². The lowest BCUT2D eigenvalue weighted by molar-refractivity contribution is 0.643. The van der Waals surface area contributed by atoms with Gasteiger partial charge in [0.25, 0.3) is 0 Å². The molecule has 0 spiro atoms. The minimum atomic E-state index is 0.480. The van der Waals surface area contributed by atoms with Gasteiger partial charge in [-0.15, -0.1) is 0 Å². The van der Waals surface area contributed by atoms with Crippen molar-refractivity contribution < 1.29 is 0 Å². The highest BCUT2D eigenvalue weighted by Gasteiger charge is 2.07. The molecule has 2 N–H and O–H groups in total. The molecule has 1 aromatic heterocycles. The van der Waals surface area contributed by atoms with Crippen LogP contribution >= 0.6 is 51.3 Å². The van der Waals surface area contributed by atoms with Crippen LogP contribution in [-0.4, -0.2) is 14.9 Å². The minimum Gasteiger partial charge on any atom is -0.357 e. The molecule has 0 saturated carbocycles. The van der Waals surface area contributed by atoms with Crippen LogP contribution in [0.2, 0.25) is 10.0 Å². The number of hydrogen-bond donors (Lipinski definition) is 2. The van der Waals surface area contributed by atoms with E-state index in [1.165, 1.54) is 0 Å². The van der Waals surface area contributed by atoms with E-state index in [1.807, 2.05) is 23.9 Å². The highest BCUT2D eigenvalue weighted by atomic mass is 79.9. The van der Waals surface area contributed by atoms with Crippen LogP contribution in [0.25, 0.3) is 0 Å². The van der Waals surface area contributed by atoms with Gasteiger partial charge in [-0.25, -0.2) is 0 Å². The Balaban J connectivity index is 1.92. The lowest BCUT2D eigenvalue weighted by Gasteiger charge is -2.10. The second kappa shape index (κ2) is 7.45. The summed E-state index contributed by atoms with van der Waals surface area (Å²) in [6, 6.07) is 5.25. The maximum absolute atomic E-state index is 5.96. The standard InChI is InChI=1S/C13H13BrCl2N4S/c1-2-20-7-9(14)12(19-20)6-17-13(21)18-8-3-4-10(15)11(16)5-8/h3-5,7H,2,6H2,1H3,(H2,17,18,21). The Morgan fingerprint density at radius 2 is 2.14 bits per heavy atom. The van der Waals surface area contributed by atoms with E-state index < -0.39 is 0 Å². The Morgan fingerprint density at radius 3 is 2.76 bits per heavy atom. The van der Waals surface area contributed by atoms with Gasteiger partial charge < -0.3 is 10.6 Å². The molecule has 2 rings (SSSR count). The molecule has 1 heterocycles. The van der Waals surface area contributed by atoms with Gasteiger partial charge in [0, 0.05) is 18.4 Å². The van der Waals surface area contributed by atoms with E-state index in [2.05, 4.69) is 31.7 Å². The number of thiocarbonyl (C=S) groups is 1. The third-order valence-corrected chi connectivity index (χ3v) is 4.35. The summed E-state index contributed by atoms with van der Waals surface area (Å²) >= 11 is 20.5. The minimum absolute atomic E-state index is 0.480. The van der Waals surface area contributed by atoms with Crippen molar-refractivity contribution in [2.75, 3.05) is 5.32 Å².